The van der Waals surface area contributed by atoms with Gasteiger partial charge in [-0.25, -0.2) is 4.79 Å². The van der Waals surface area contributed by atoms with E-state index < -0.39 is 6.29 Å². The molecule has 2 aromatic carbocycles. The smallest absolute Gasteiger partial charge is 0.333 e. The van der Waals surface area contributed by atoms with Crippen molar-refractivity contribution in [2.45, 2.75) is 83.0 Å². The number of carbonyl (C=O) groups excluding carboxylic acids is 1. The highest BCUT2D eigenvalue weighted by Crippen LogP contribution is 2.41. The molecule has 0 bridgehead atoms. The van der Waals surface area contributed by atoms with Crippen LogP contribution < -0.4 is 11.5 Å². The normalized spacial score (nSPS) is 23.0. The van der Waals surface area contributed by atoms with Gasteiger partial charge in [-0.15, -0.1) is 0 Å². The third kappa shape index (κ3) is 10.6. The predicted molar refractivity (Wildman–Crippen MR) is 180 cm³/mol. The molecule has 1 saturated heterocycles. The fraction of sp³-hybridized carbons (Fsp3) is 0.500. The Bertz CT molecular complexity index is 1250. The molecule has 2 aromatic rings. The molecule has 4 rings (SSSR count). The van der Waals surface area contributed by atoms with Crippen molar-refractivity contribution >= 4 is 5.97 Å². The van der Waals surface area contributed by atoms with Gasteiger partial charge in [0.15, 0.2) is 6.29 Å². The molecule has 5 N–H and O–H groups in total. The lowest BCUT2D eigenvalue weighted by molar-refractivity contribution is -0.142. The van der Waals surface area contributed by atoms with Gasteiger partial charge in [0.05, 0.1) is 31.7 Å². The number of hydrogen-bond acceptors (Lipinski definition) is 7. The van der Waals surface area contributed by atoms with Crippen molar-refractivity contribution in [1.82, 2.24) is 0 Å². The number of allylic oxidation sites excluding steroid dienone is 1. The second-order valence-electron chi connectivity index (χ2n) is 12.8. The number of aryl methyl sites for hydroxylation is 1. The number of aliphatic hydroxyl groups excluding tert-OH is 1. The summed E-state index contributed by atoms with van der Waals surface area (Å²) in [6.45, 7) is 10.4. The van der Waals surface area contributed by atoms with Crippen LogP contribution in [0.3, 0.4) is 0 Å². The monoisotopic (exact) mass is 616 g/mol. The summed E-state index contributed by atoms with van der Waals surface area (Å²) in [6.07, 6.45) is 11.7. The van der Waals surface area contributed by atoms with Crippen LogP contribution in [0.1, 0.15) is 75.3 Å². The largest absolute Gasteiger partial charge is 0.462 e. The standard InChI is InChI=1S/C38H52N2O5/c1-4-37(41)43-23-22-34(25-45-38(42)26(2)3)31-16-18-32(19-17-31)35-21-20-33(24-44-35)30-14-12-29(13-15-30)28-10-8-27(9-11-28)6-5-7-36(39)40/h4,7-15,31-35,37,41H,1-2,5-6,16-25,39-40H2,3H3. The zero-order valence-corrected chi connectivity index (χ0v) is 26.9. The third-order valence-corrected chi connectivity index (χ3v) is 9.56. The van der Waals surface area contributed by atoms with E-state index in [0.717, 1.165) is 64.4 Å². The van der Waals surface area contributed by atoms with Crippen LogP contribution in [-0.2, 0) is 25.4 Å². The van der Waals surface area contributed by atoms with Crippen molar-refractivity contribution < 1.29 is 24.1 Å². The maximum atomic E-state index is 12.1. The molecule has 2 aliphatic rings. The minimum atomic E-state index is -0.974. The van der Waals surface area contributed by atoms with Crippen molar-refractivity contribution in [2.24, 2.45) is 29.2 Å². The minimum absolute atomic E-state index is 0.183. The van der Waals surface area contributed by atoms with Gasteiger partial charge in [0.2, 0.25) is 0 Å². The lowest BCUT2D eigenvalue weighted by atomic mass is 9.72. The van der Waals surface area contributed by atoms with E-state index in [-0.39, 0.29) is 11.9 Å². The zero-order valence-electron chi connectivity index (χ0n) is 26.9. The summed E-state index contributed by atoms with van der Waals surface area (Å²) in [6, 6.07) is 17.7. The predicted octanol–water partition coefficient (Wildman–Crippen LogP) is 6.76. The average molecular weight is 617 g/mol. The first kappa shape index (κ1) is 34.5. The fourth-order valence-electron chi connectivity index (χ4n) is 6.78. The van der Waals surface area contributed by atoms with Crippen LogP contribution >= 0.6 is 0 Å². The molecule has 1 saturated carbocycles. The Morgan fingerprint density at radius 3 is 2.27 bits per heavy atom. The maximum Gasteiger partial charge on any atom is 0.333 e. The molecule has 1 aliphatic heterocycles. The second kappa shape index (κ2) is 17.3. The van der Waals surface area contributed by atoms with E-state index in [4.69, 9.17) is 25.7 Å². The van der Waals surface area contributed by atoms with Crippen molar-refractivity contribution in [1.29, 1.82) is 0 Å². The summed E-state index contributed by atoms with van der Waals surface area (Å²) in [5.74, 6) is 1.64. The van der Waals surface area contributed by atoms with Gasteiger partial charge in [-0.05, 0) is 117 Å². The van der Waals surface area contributed by atoms with Gasteiger partial charge >= 0.3 is 5.97 Å². The van der Waals surface area contributed by atoms with Crippen LogP contribution in [0.2, 0.25) is 0 Å². The van der Waals surface area contributed by atoms with Crippen molar-refractivity contribution in [3.63, 3.8) is 0 Å². The molecule has 244 valence electrons. The van der Waals surface area contributed by atoms with Gasteiger partial charge in [-0.3, -0.25) is 0 Å². The van der Waals surface area contributed by atoms with E-state index >= 15 is 0 Å². The molecule has 4 unspecified atom stereocenters. The van der Waals surface area contributed by atoms with Crippen LogP contribution in [0.4, 0.5) is 0 Å². The highest BCUT2D eigenvalue weighted by molar-refractivity contribution is 5.86. The topological polar surface area (TPSA) is 117 Å². The summed E-state index contributed by atoms with van der Waals surface area (Å²) in [5.41, 5.74) is 16.5. The SMILES string of the molecule is C=CC(O)OCCC(COC(=O)C(=C)C)C1CCC(C2CCC(c3ccc(-c4ccc(CCC=C(N)N)cc4)cc3)CO2)CC1. The van der Waals surface area contributed by atoms with Crippen molar-refractivity contribution in [2.75, 3.05) is 19.8 Å². The molecule has 45 heavy (non-hydrogen) atoms. The first-order chi connectivity index (χ1) is 21.7. The number of aliphatic hydroxyl groups is 1. The third-order valence-electron chi connectivity index (χ3n) is 9.56. The Morgan fingerprint density at radius 1 is 1.02 bits per heavy atom. The van der Waals surface area contributed by atoms with Gasteiger partial charge in [0.25, 0.3) is 0 Å². The van der Waals surface area contributed by atoms with Gasteiger partial charge in [-0.1, -0.05) is 61.7 Å². The molecule has 7 heteroatoms. The molecule has 0 aromatic heterocycles. The lowest BCUT2D eigenvalue weighted by Gasteiger charge is -2.39. The number of ether oxygens (including phenoxy) is 3. The van der Waals surface area contributed by atoms with Gasteiger partial charge in [0.1, 0.15) is 0 Å². The number of carbonyl (C=O) groups is 1. The highest BCUT2D eigenvalue weighted by atomic mass is 16.6. The minimum Gasteiger partial charge on any atom is -0.462 e. The highest BCUT2D eigenvalue weighted by Gasteiger charge is 2.34. The summed E-state index contributed by atoms with van der Waals surface area (Å²) in [4.78, 5) is 12.1. The van der Waals surface area contributed by atoms with Gasteiger partial charge < -0.3 is 30.8 Å². The molecule has 0 amide bonds. The molecular weight excluding hydrogens is 564 g/mol. The summed E-state index contributed by atoms with van der Waals surface area (Å²) < 4.78 is 17.5. The molecular formula is C38H52N2O5. The molecule has 0 radical (unpaired) electrons. The summed E-state index contributed by atoms with van der Waals surface area (Å²) in [7, 11) is 0. The number of esters is 1. The summed E-state index contributed by atoms with van der Waals surface area (Å²) in [5, 5.41) is 9.69. The number of hydrogen-bond donors (Lipinski definition) is 3. The van der Waals surface area contributed by atoms with E-state index in [2.05, 4.69) is 61.7 Å². The lowest BCUT2D eigenvalue weighted by Crippen LogP contribution is -2.35. The van der Waals surface area contributed by atoms with Gasteiger partial charge in [-0.2, -0.15) is 0 Å². The fourth-order valence-corrected chi connectivity index (χ4v) is 6.78. The quantitative estimate of drug-likeness (QED) is 0.0876. The first-order valence-electron chi connectivity index (χ1n) is 16.5. The Labute approximate surface area is 269 Å². The molecule has 4 atom stereocenters. The van der Waals surface area contributed by atoms with Crippen LogP contribution in [0.5, 0.6) is 0 Å². The number of rotatable bonds is 15. The van der Waals surface area contributed by atoms with Gasteiger partial charge in [0, 0.05) is 11.5 Å². The average Bonchev–Trinajstić information content (AvgIpc) is 3.06. The first-order valence-corrected chi connectivity index (χ1v) is 16.5. The Kier molecular flexibility index (Phi) is 13.3. The van der Waals surface area contributed by atoms with Crippen molar-refractivity contribution in [3.05, 3.63) is 96.4 Å². The zero-order chi connectivity index (χ0) is 32.2. The maximum absolute atomic E-state index is 12.1. The summed E-state index contributed by atoms with van der Waals surface area (Å²) >= 11 is 0. The van der Waals surface area contributed by atoms with Crippen LogP contribution in [-0.4, -0.2) is 43.3 Å². The molecule has 1 heterocycles. The van der Waals surface area contributed by atoms with Crippen LogP contribution in [0.25, 0.3) is 11.1 Å². The molecule has 7 nitrogen and oxygen atoms in total. The van der Waals surface area contributed by atoms with E-state index in [1.165, 1.54) is 28.3 Å². The number of nitrogens with two attached hydrogens (primary N) is 2. The van der Waals surface area contributed by atoms with E-state index in [1.807, 2.05) is 6.08 Å². The van der Waals surface area contributed by atoms with E-state index in [0.29, 0.717) is 48.5 Å². The van der Waals surface area contributed by atoms with Crippen LogP contribution in [0.15, 0.2) is 85.2 Å². The Hall–Kier alpha value is -3.39. The molecule has 2 fully saturated rings. The molecule has 0 spiro atoms. The van der Waals surface area contributed by atoms with E-state index in [9.17, 15) is 9.90 Å². The van der Waals surface area contributed by atoms with Crippen molar-refractivity contribution in [3.8, 4) is 11.1 Å². The Morgan fingerprint density at radius 2 is 1.69 bits per heavy atom. The van der Waals surface area contributed by atoms with Crippen LogP contribution in [0, 0.1) is 17.8 Å². The second-order valence-corrected chi connectivity index (χ2v) is 12.8. The molecule has 1 aliphatic carbocycles. The van der Waals surface area contributed by atoms with E-state index in [1.54, 1.807) is 6.92 Å². The number of benzene rings is 2. The Balaban J connectivity index is 1.23.